The van der Waals surface area contributed by atoms with Crippen molar-refractivity contribution in [2.75, 3.05) is 4.90 Å². The molecule has 2 unspecified atom stereocenters. The lowest BCUT2D eigenvalue weighted by Crippen LogP contribution is -2.33. The minimum absolute atomic E-state index is 0.0843. The van der Waals surface area contributed by atoms with Crippen LogP contribution in [-0.4, -0.2) is 16.2 Å². The fraction of sp³-hybridized carbons (Fsp3) is 0.160. The van der Waals surface area contributed by atoms with Crippen LogP contribution in [0, 0.1) is 5.41 Å². The molecular weight excluding hydrogens is 374 g/mol. The Hall–Kier alpha value is -3.41. The molecule has 0 spiro atoms. The predicted molar refractivity (Wildman–Crippen MR) is 119 cm³/mol. The van der Waals surface area contributed by atoms with Crippen molar-refractivity contribution >= 4 is 38.9 Å². The van der Waals surface area contributed by atoms with Crippen LogP contribution in [0.5, 0.6) is 0 Å². The average molecular weight is 395 g/mol. The zero-order valence-corrected chi connectivity index (χ0v) is 16.3. The highest BCUT2D eigenvalue weighted by molar-refractivity contribution is 6.08. The third-order valence-electron chi connectivity index (χ3n) is 6.56. The van der Waals surface area contributed by atoms with Crippen molar-refractivity contribution in [2.45, 2.75) is 25.0 Å². The predicted octanol–water partition coefficient (Wildman–Crippen LogP) is 4.20. The van der Waals surface area contributed by atoms with Crippen molar-refractivity contribution in [1.29, 1.82) is 5.41 Å². The second-order valence-electron chi connectivity index (χ2n) is 8.18. The van der Waals surface area contributed by atoms with Gasteiger partial charge in [-0.3, -0.25) is 10.3 Å². The molecule has 0 saturated carbocycles. The van der Waals surface area contributed by atoms with Gasteiger partial charge in [0, 0.05) is 12.8 Å². The van der Waals surface area contributed by atoms with Crippen molar-refractivity contribution in [3.8, 4) is 0 Å². The molecule has 2 aliphatic carbocycles. The number of hydrogen-bond acceptors (Lipinski definition) is 3. The van der Waals surface area contributed by atoms with Crippen LogP contribution in [0.15, 0.2) is 60.7 Å². The van der Waals surface area contributed by atoms with E-state index in [0.717, 1.165) is 55.2 Å². The van der Waals surface area contributed by atoms with Gasteiger partial charge in [0.1, 0.15) is 0 Å². The Labute approximate surface area is 173 Å². The minimum atomic E-state index is -0.557. The summed E-state index contributed by atoms with van der Waals surface area (Å²) in [6.45, 7) is 0. The molecule has 30 heavy (non-hydrogen) atoms. The quantitative estimate of drug-likeness (QED) is 0.302. The molecule has 0 aliphatic heterocycles. The summed E-state index contributed by atoms with van der Waals surface area (Å²) in [6.07, 6.45) is -0.128. The Morgan fingerprint density at radius 1 is 0.767 bits per heavy atom. The maximum Gasteiger partial charge on any atom is 0.197 e. The lowest BCUT2D eigenvalue weighted by atomic mass is 10.00. The Morgan fingerprint density at radius 2 is 1.23 bits per heavy atom. The SMILES string of the molecule is N=C(N)N(c1ccc2cccc3c2c1CC3O)c1ccc2cccc3c2c1CC3O. The van der Waals surface area contributed by atoms with Crippen LogP contribution in [0.25, 0.3) is 21.5 Å². The number of guanidine groups is 1. The Bertz CT molecular complexity index is 1280. The van der Waals surface area contributed by atoms with E-state index in [1.165, 1.54) is 0 Å². The number of benzene rings is 4. The molecule has 0 bridgehead atoms. The summed E-state index contributed by atoms with van der Waals surface area (Å²) in [4.78, 5) is 1.76. The summed E-state index contributed by atoms with van der Waals surface area (Å²) >= 11 is 0. The first-order valence-corrected chi connectivity index (χ1v) is 10.1. The molecule has 0 aromatic heterocycles. The standard InChI is InChI=1S/C25H21N3O2/c26-25(27)28(19-9-7-13-3-1-5-15-21(29)11-17(19)23(13)15)20-10-8-14-4-2-6-16-22(30)12-18(20)24(14)16/h1-10,21-22,29-30H,11-12H2,(H3,26,27). The van der Waals surface area contributed by atoms with E-state index >= 15 is 0 Å². The summed E-state index contributed by atoms with van der Waals surface area (Å²) < 4.78 is 0. The van der Waals surface area contributed by atoms with Crippen molar-refractivity contribution in [3.63, 3.8) is 0 Å². The van der Waals surface area contributed by atoms with Gasteiger partial charge in [0.2, 0.25) is 0 Å². The Morgan fingerprint density at radius 3 is 1.67 bits per heavy atom. The highest BCUT2D eigenvalue weighted by Crippen LogP contribution is 2.47. The number of nitrogens with two attached hydrogens (primary N) is 1. The first-order valence-electron chi connectivity index (χ1n) is 10.1. The summed E-state index contributed by atoms with van der Waals surface area (Å²) in [5.74, 6) is -0.0843. The van der Waals surface area contributed by atoms with E-state index in [1.54, 1.807) is 4.90 Å². The van der Waals surface area contributed by atoms with E-state index in [2.05, 4.69) is 0 Å². The van der Waals surface area contributed by atoms with Crippen molar-refractivity contribution in [3.05, 3.63) is 82.9 Å². The molecule has 2 atom stereocenters. The third-order valence-corrected chi connectivity index (χ3v) is 6.56. The fourth-order valence-electron chi connectivity index (χ4n) is 5.33. The highest BCUT2D eigenvalue weighted by Gasteiger charge is 2.31. The Kier molecular flexibility index (Phi) is 3.52. The van der Waals surface area contributed by atoms with Crippen molar-refractivity contribution in [2.24, 2.45) is 5.73 Å². The molecule has 0 radical (unpaired) electrons. The summed E-state index contributed by atoms with van der Waals surface area (Å²) in [5, 5.41) is 33.9. The lowest BCUT2D eigenvalue weighted by molar-refractivity contribution is 0.185. The molecule has 0 fully saturated rings. The molecule has 0 heterocycles. The molecule has 2 aliphatic rings. The molecule has 5 heteroatoms. The van der Waals surface area contributed by atoms with E-state index in [1.807, 2.05) is 60.7 Å². The fourth-order valence-corrected chi connectivity index (χ4v) is 5.33. The maximum atomic E-state index is 10.6. The van der Waals surface area contributed by atoms with Crippen LogP contribution in [-0.2, 0) is 12.8 Å². The minimum Gasteiger partial charge on any atom is -0.388 e. The molecule has 5 N–H and O–H groups in total. The molecule has 6 rings (SSSR count). The van der Waals surface area contributed by atoms with Crippen LogP contribution in [0.4, 0.5) is 11.4 Å². The van der Waals surface area contributed by atoms with E-state index < -0.39 is 12.2 Å². The van der Waals surface area contributed by atoms with Gasteiger partial charge >= 0.3 is 0 Å². The number of nitrogens with zero attached hydrogens (tertiary/aromatic N) is 1. The zero-order valence-electron chi connectivity index (χ0n) is 16.3. The van der Waals surface area contributed by atoms with Crippen LogP contribution in [0.1, 0.15) is 34.5 Å². The van der Waals surface area contributed by atoms with E-state index in [-0.39, 0.29) is 5.96 Å². The van der Waals surface area contributed by atoms with Gasteiger partial charge in [0.05, 0.1) is 23.6 Å². The molecule has 0 amide bonds. The number of aliphatic hydroxyl groups is 2. The van der Waals surface area contributed by atoms with Crippen LogP contribution >= 0.6 is 0 Å². The van der Waals surface area contributed by atoms with Gasteiger partial charge in [-0.25, -0.2) is 0 Å². The highest BCUT2D eigenvalue weighted by atomic mass is 16.3. The molecule has 5 nitrogen and oxygen atoms in total. The average Bonchev–Trinajstić information content (AvgIpc) is 3.26. The van der Waals surface area contributed by atoms with Gasteiger partial charge in [0.15, 0.2) is 5.96 Å². The molecular formula is C25H21N3O2. The second kappa shape index (κ2) is 6.05. The smallest absolute Gasteiger partial charge is 0.197 e. The van der Waals surface area contributed by atoms with Gasteiger partial charge in [-0.15, -0.1) is 0 Å². The van der Waals surface area contributed by atoms with Crippen molar-refractivity contribution < 1.29 is 10.2 Å². The first-order chi connectivity index (χ1) is 14.5. The van der Waals surface area contributed by atoms with Crippen LogP contribution < -0.4 is 10.6 Å². The topological polar surface area (TPSA) is 93.6 Å². The monoisotopic (exact) mass is 395 g/mol. The molecule has 4 aromatic rings. The van der Waals surface area contributed by atoms with Crippen LogP contribution in [0.2, 0.25) is 0 Å². The largest absolute Gasteiger partial charge is 0.388 e. The molecule has 148 valence electrons. The van der Waals surface area contributed by atoms with Crippen LogP contribution in [0.3, 0.4) is 0 Å². The van der Waals surface area contributed by atoms with E-state index in [4.69, 9.17) is 11.1 Å². The summed E-state index contributed by atoms with van der Waals surface area (Å²) in [7, 11) is 0. The van der Waals surface area contributed by atoms with Gasteiger partial charge in [-0.05, 0) is 55.9 Å². The normalized spacial score (nSPS) is 19.0. The summed E-state index contributed by atoms with van der Waals surface area (Å²) in [5.41, 5.74) is 11.6. The van der Waals surface area contributed by atoms with E-state index in [9.17, 15) is 10.2 Å². The number of hydrogen-bond donors (Lipinski definition) is 4. The number of aliphatic hydroxyl groups excluding tert-OH is 2. The first kappa shape index (κ1) is 17.4. The number of nitrogens with one attached hydrogen (secondary N) is 1. The number of rotatable bonds is 2. The maximum absolute atomic E-state index is 10.6. The summed E-state index contributed by atoms with van der Waals surface area (Å²) in [6, 6.07) is 19.9. The van der Waals surface area contributed by atoms with Gasteiger partial charge in [0.25, 0.3) is 0 Å². The van der Waals surface area contributed by atoms with Gasteiger partial charge in [-0.2, -0.15) is 0 Å². The third kappa shape index (κ3) is 2.22. The molecule has 0 saturated heterocycles. The number of anilines is 2. The Balaban J connectivity index is 1.63. The van der Waals surface area contributed by atoms with Gasteiger partial charge in [-0.1, -0.05) is 48.5 Å². The second-order valence-corrected chi connectivity index (χ2v) is 8.18. The lowest BCUT2D eigenvalue weighted by Gasteiger charge is -2.27. The van der Waals surface area contributed by atoms with Gasteiger partial charge < -0.3 is 15.9 Å². The van der Waals surface area contributed by atoms with Crippen molar-refractivity contribution in [1.82, 2.24) is 0 Å². The molecule has 4 aromatic carbocycles. The van der Waals surface area contributed by atoms with E-state index in [0.29, 0.717) is 12.8 Å². The zero-order chi connectivity index (χ0) is 20.6.